The molecule has 3 aromatic carbocycles. The number of thioether (sulfide) groups is 1. The summed E-state index contributed by atoms with van der Waals surface area (Å²) in [6, 6.07) is 18.5. The molecule has 17 nitrogen and oxygen atoms in total. The first-order valence-corrected chi connectivity index (χ1v) is 20.3. The quantitative estimate of drug-likeness (QED) is 0.140. The molecule has 0 radical (unpaired) electrons. The number of aliphatic hydroxyl groups is 4. The van der Waals surface area contributed by atoms with Crippen molar-refractivity contribution >= 4 is 46.8 Å². The monoisotopic (exact) mass is 876 g/mol. The number of primary amides is 1. The van der Waals surface area contributed by atoms with Crippen molar-refractivity contribution in [1.29, 1.82) is 0 Å². The summed E-state index contributed by atoms with van der Waals surface area (Å²) in [6.07, 6.45) is -2.51. The number of phenolic OH excluding ortho intramolecular Hbond substituents is 1. The van der Waals surface area contributed by atoms with Gasteiger partial charge in [0.15, 0.2) is 17.5 Å². The number of anilines is 1. The van der Waals surface area contributed by atoms with E-state index in [0.29, 0.717) is 18.7 Å². The van der Waals surface area contributed by atoms with Crippen molar-refractivity contribution in [2.75, 3.05) is 53.3 Å². The second-order valence-electron chi connectivity index (χ2n) is 15.9. The zero-order chi connectivity index (χ0) is 44.8. The third-order valence-electron chi connectivity index (χ3n) is 11.7. The third-order valence-corrected chi connectivity index (χ3v) is 13.1. The van der Waals surface area contributed by atoms with Gasteiger partial charge in [-0.1, -0.05) is 43.3 Å². The molecular weight excluding hydrogens is 825 g/mol. The van der Waals surface area contributed by atoms with Crippen molar-refractivity contribution in [2.45, 2.75) is 53.8 Å². The van der Waals surface area contributed by atoms with Crippen molar-refractivity contribution < 1.29 is 64.5 Å². The maximum Gasteiger partial charge on any atom is 0.303 e. The Kier molecular flexibility index (Phi) is 14.0. The highest BCUT2D eigenvalue weighted by atomic mass is 32.2. The van der Waals surface area contributed by atoms with Crippen LogP contribution in [0.3, 0.4) is 0 Å². The summed E-state index contributed by atoms with van der Waals surface area (Å²) in [4.78, 5) is 70.0. The van der Waals surface area contributed by atoms with E-state index in [0.717, 1.165) is 21.9 Å². The van der Waals surface area contributed by atoms with Crippen LogP contribution in [0.4, 0.5) is 5.69 Å². The van der Waals surface area contributed by atoms with Gasteiger partial charge in [-0.2, -0.15) is 0 Å². The van der Waals surface area contributed by atoms with Crippen molar-refractivity contribution in [3.8, 4) is 11.5 Å². The number of para-hydroxylation sites is 1. The maximum atomic E-state index is 13.6. The number of hydrogen-bond acceptors (Lipinski definition) is 15. The van der Waals surface area contributed by atoms with Gasteiger partial charge in [0.1, 0.15) is 28.6 Å². The van der Waals surface area contributed by atoms with Crippen LogP contribution < -0.4 is 15.4 Å². The largest absolute Gasteiger partial charge is 0.510 e. The molecule has 0 unspecified atom stereocenters. The highest BCUT2D eigenvalue weighted by Gasteiger charge is 2.67. The summed E-state index contributed by atoms with van der Waals surface area (Å²) in [5.41, 5.74) is 3.11. The minimum atomic E-state index is -2.89. The molecule has 62 heavy (non-hydrogen) atoms. The van der Waals surface area contributed by atoms with E-state index in [1.807, 2.05) is 67.5 Å². The first-order chi connectivity index (χ1) is 28.8. The number of carbonyl (C=O) groups is 5. The zero-order valence-electron chi connectivity index (χ0n) is 35.2. The Morgan fingerprint density at radius 2 is 1.60 bits per heavy atom. The van der Waals surface area contributed by atoms with Gasteiger partial charge in [-0.15, -0.1) is 11.8 Å². The number of nitrogens with two attached hydrogens (primary N) is 1. The number of rotatable bonds is 8. The second kappa shape index (κ2) is 18.3. The lowest BCUT2D eigenvalue weighted by Gasteiger charge is -2.53. The minimum absolute atomic E-state index is 0. The Bertz CT molecular complexity index is 2330. The zero-order valence-corrected chi connectivity index (χ0v) is 36.0. The van der Waals surface area contributed by atoms with Gasteiger partial charge in [-0.3, -0.25) is 28.9 Å². The molecule has 0 aromatic heterocycles. The third kappa shape index (κ3) is 8.05. The molecule has 332 valence electrons. The van der Waals surface area contributed by atoms with Crippen molar-refractivity contribution in [2.24, 2.45) is 17.6 Å². The highest BCUT2D eigenvalue weighted by molar-refractivity contribution is 7.99. The Labute approximate surface area is 362 Å². The van der Waals surface area contributed by atoms with E-state index in [4.69, 9.17) is 15.2 Å². The van der Waals surface area contributed by atoms with Crippen molar-refractivity contribution in [1.82, 2.24) is 9.80 Å². The summed E-state index contributed by atoms with van der Waals surface area (Å²) in [6.45, 7) is 4.22. The molecule has 0 bridgehead atoms. The van der Waals surface area contributed by atoms with E-state index in [2.05, 4.69) is 0 Å². The number of phenols is 1. The molecule has 2 amide bonds. The molecule has 0 spiro atoms. The number of hydrogen-bond donors (Lipinski definition) is 6. The summed E-state index contributed by atoms with van der Waals surface area (Å²) in [5, 5.41) is 54.7. The average molecular weight is 877 g/mol. The first-order valence-electron chi connectivity index (χ1n) is 19.4. The first kappa shape index (κ1) is 47.3. The molecular formula is C44H52N4O13S. The predicted octanol–water partition coefficient (Wildman–Crippen LogP) is 2.20. The van der Waals surface area contributed by atoms with Gasteiger partial charge in [-0.05, 0) is 75.6 Å². The van der Waals surface area contributed by atoms with Gasteiger partial charge in [-0.25, -0.2) is 0 Å². The number of esters is 1. The molecule has 0 fully saturated rings. The molecule has 8 atom stereocenters. The van der Waals surface area contributed by atoms with Crippen LogP contribution in [0.1, 0.15) is 46.5 Å². The Balaban J connectivity index is 0.000000232. The van der Waals surface area contributed by atoms with Gasteiger partial charge >= 0.3 is 5.97 Å². The normalized spacial score (nSPS) is 26.6. The molecule has 0 saturated heterocycles. The topological polar surface area (TPSA) is 272 Å². The molecule has 3 aromatic rings. The van der Waals surface area contributed by atoms with Gasteiger partial charge in [0.05, 0.1) is 41.7 Å². The number of Topliss-reactive ketones (excluding diaryl/α,β-unsaturated/α-hetero) is 2. The number of amides is 2. The number of nitrogens with zero attached hydrogens (tertiary/aromatic N) is 3. The number of aromatic hydroxyl groups is 1. The van der Waals surface area contributed by atoms with Crippen LogP contribution in [-0.4, -0.2) is 142 Å². The van der Waals surface area contributed by atoms with Crippen LogP contribution in [0, 0.1) is 11.8 Å². The molecule has 18 heteroatoms. The van der Waals surface area contributed by atoms with Crippen LogP contribution >= 0.6 is 11.8 Å². The van der Waals surface area contributed by atoms with Crippen molar-refractivity contribution in [3.63, 3.8) is 0 Å². The molecule has 0 saturated carbocycles. The summed E-state index contributed by atoms with van der Waals surface area (Å²) in [7, 11) is 8.52. The van der Waals surface area contributed by atoms with E-state index in [9.17, 15) is 49.5 Å². The van der Waals surface area contributed by atoms with Gasteiger partial charge in [0, 0.05) is 36.4 Å². The summed E-state index contributed by atoms with van der Waals surface area (Å²) in [5.74, 6) is -8.81. The Hall–Kier alpha value is -5.76. The van der Waals surface area contributed by atoms with E-state index in [1.54, 1.807) is 42.8 Å². The SMILES string of the molecule is COc1ccc([C@@H]2Sc3ccccc3N(CCN(C)C)C(=O)[C@@H]2OC(C)=O)cc1.C[C@H]1c2cccc(O)c2C(=O)C2=C(O)[C@]3(O)C(=O)C(C(N)=O)=C(O)[C@@H](N(C)C)[C@@H]3[C@@H](O)[C@@H]21.O. The predicted molar refractivity (Wildman–Crippen MR) is 228 cm³/mol. The number of aliphatic hydroxyl groups excluding tert-OH is 3. The summed E-state index contributed by atoms with van der Waals surface area (Å²) >= 11 is 1.54. The van der Waals surface area contributed by atoms with Gasteiger partial charge in [0.25, 0.3) is 11.8 Å². The summed E-state index contributed by atoms with van der Waals surface area (Å²) < 4.78 is 10.8. The van der Waals surface area contributed by atoms with Crippen LogP contribution in [0.15, 0.2) is 94.3 Å². The standard InChI is InChI=1S/C22H24N2O8.C22H26N2O4S.H2O/c1-7-8-5-4-6-9(25)11(8)16(26)12-10(7)17(27)14-15(24(2)3)18(28)13(21(23)31)20(30)22(14,32)19(12)29;1-15(25)28-20-21(16-9-11-17(27-4)12-10-16)29-19-8-6-5-7-18(19)24(22(20)26)14-13-23(2)3;/h4-7,10,14-15,17,25,27-29,32H,1-3H3,(H2,23,31);5-12,20-21H,13-14H2,1-4H3;1H2/t7-,10+,14+,15-,17-,22-;20-,21+;/m01./s1. The lowest BCUT2D eigenvalue weighted by molar-refractivity contribution is -0.162. The minimum Gasteiger partial charge on any atom is -0.510 e. The van der Waals surface area contributed by atoms with E-state index in [1.165, 1.54) is 32.0 Å². The van der Waals surface area contributed by atoms with Gasteiger partial charge in [0.2, 0.25) is 5.78 Å². The van der Waals surface area contributed by atoms with Crippen LogP contribution in [0.2, 0.25) is 0 Å². The molecule has 9 N–H and O–H groups in total. The van der Waals surface area contributed by atoms with E-state index >= 15 is 0 Å². The molecule has 1 heterocycles. The smallest absolute Gasteiger partial charge is 0.303 e. The molecule has 1 aliphatic heterocycles. The number of carbonyl (C=O) groups excluding carboxylic acids is 5. The van der Waals surface area contributed by atoms with Crippen molar-refractivity contribution in [3.05, 3.63) is 106 Å². The lowest BCUT2D eigenvalue weighted by Crippen LogP contribution is -2.68. The van der Waals surface area contributed by atoms with E-state index in [-0.39, 0.29) is 27.9 Å². The molecule has 7 rings (SSSR count). The van der Waals surface area contributed by atoms with Crippen LogP contribution in [0.25, 0.3) is 0 Å². The van der Waals surface area contributed by atoms with E-state index < -0.39 is 87.7 Å². The Morgan fingerprint density at radius 1 is 0.952 bits per heavy atom. The molecule has 4 aliphatic rings. The Morgan fingerprint density at radius 3 is 2.18 bits per heavy atom. The van der Waals surface area contributed by atoms with Crippen LogP contribution in [-0.2, 0) is 23.9 Å². The fourth-order valence-electron chi connectivity index (χ4n) is 8.82. The number of ketones is 2. The lowest BCUT2D eigenvalue weighted by atomic mass is 9.55. The number of fused-ring (bicyclic) bond motifs is 4. The second-order valence-corrected chi connectivity index (χ2v) is 17.1. The molecule has 3 aliphatic carbocycles. The van der Waals surface area contributed by atoms with Crippen LogP contribution in [0.5, 0.6) is 11.5 Å². The number of benzene rings is 3. The number of likely N-dealkylation sites (N-methyl/N-ethyl adjacent to an activating group) is 2. The average Bonchev–Trinajstić information content (AvgIpc) is 3.31. The fourth-order valence-corrected chi connectivity index (χ4v) is 10.1. The van der Waals surface area contributed by atoms with Gasteiger partial charge < -0.3 is 56.0 Å². The maximum absolute atomic E-state index is 13.6. The number of ether oxygens (including phenoxy) is 2. The fraction of sp³-hybridized carbons (Fsp3) is 0.386. The number of methoxy groups -OCH3 is 1. The highest BCUT2D eigenvalue weighted by Crippen LogP contribution is 2.55.